The molecule has 0 spiro atoms. The molecule has 0 bridgehead atoms. The van der Waals surface area contributed by atoms with Crippen LogP contribution in [0.2, 0.25) is 0 Å². The molecule has 1 rings (SSSR count). The molecule has 1 saturated heterocycles. The molecule has 0 atom stereocenters. The molecule has 4 N–H and O–H groups in total. The van der Waals surface area contributed by atoms with Crippen molar-refractivity contribution in [2.45, 2.75) is 12.1 Å². The standard InChI is InChI=1S/C7H15N3O2S2.C5H11NS2.ClH/c1-10(2)5(3-13-6(8)11)4-14-7(9)12;1-6(2)5-3-7-8-4-5;/h5H,3-4H2,1-2H3,(H2,8,11)(H2,9,12);5H,3-4H2,1-2H3;1H. The van der Waals surface area contributed by atoms with E-state index in [0.717, 1.165) is 29.6 Å². The molecule has 1 heterocycles. The predicted octanol–water partition coefficient (Wildman–Crippen LogP) is 2.27. The number of rotatable bonds is 6. The molecule has 11 heteroatoms. The number of nitrogens with zero attached hydrogens (tertiary/aromatic N) is 2. The van der Waals surface area contributed by atoms with E-state index >= 15 is 0 Å². The first kappa shape index (κ1) is 25.8. The minimum Gasteiger partial charge on any atom is -0.361 e. The Morgan fingerprint density at radius 1 is 1.04 bits per heavy atom. The second-order valence-electron chi connectivity index (χ2n) is 5.06. The zero-order valence-corrected chi connectivity index (χ0v) is 18.0. The maximum Gasteiger partial charge on any atom is 0.276 e. The summed E-state index contributed by atoms with van der Waals surface area (Å²) in [6.07, 6.45) is 0. The summed E-state index contributed by atoms with van der Waals surface area (Å²) in [6.45, 7) is 0. The zero-order chi connectivity index (χ0) is 17.1. The van der Waals surface area contributed by atoms with Gasteiger partial charge in [0.05, 0.1) is 0 Å². The predicted molar refractivity (Wildman–Crippen MR) is 111 cm³/mol. The maximum atomic E-state index is 10.5. The molecule has 0 saturated carbocycles. The molecule has 0 aliphatic carbocycles. The van der Waals surface area contributed by atoms with Gasteiger partial charge in [-0.3, -0.25) is 9.59 Å². The summed E-state index contributed by atoms with van der Waals surface area (Å²) in [4.78, 5) is 25.3. The maximum absolute atomic E-state index is 10.5. The van der Waals surface area contributed by atoms with Crippen molar-refractivity contribution in [1.29, 1.82) is 0 Å². The van der Waals surface area contributed by atoms with Gasteiger partial charge in [0.25, 0.3) is 10.5 Å². The van der Waals surface area contributed by atoms with Crippen LogP contribution in [0.1, 0.15) is 0 Å². The smallest absolute Gasteiger partial charge is 0.276 e. The number of carbonyl (C=O) groups excluding carboxylic acids is 2. The highest BCUT2D eigenvalue weighted by Crippen LogP contribution is 2.32. The topological polar surface area (TPSA) is 92.7 Å². The van der Waals surface area contributed by atoms with Crippen LogP contribution < -0.4 is 11.5 Å². The first-order chi connectivity index (χ1) is 10.2. The Morgan fingerprint density at radius 2 is 1.43 bits per heavy atom. The van der Waals surface area contributed by atoms with Gasteiger partial charge in [-0.2, -0.15) is 0 Å². The number of thioether (sulfide) groups is 2. The van der Waals surface area contributed by atoms with Crippen LogP contribution >= 0.6 is 57.5 Å². The minimum absolute atomic E-state index is 0. The second-order valence-corrected chi connectivity index (χ2v) is 9.67. The molecule has 0 radical (unpaired) electrons. The summed E-state index contributed by atoms with van der Waals surface area (Å²) >= 11 is 2.10. The zero-order valence-electron chi connectivity index (χ0n) is 13.9. The lowest BCUT2D eigenvalue weighted by Gasteiger charge is -2.22. The summed E-state index contributed by atoms with van der Waals surface area (Å²) < 4.78 is 0. The molecule has 138 valence electrons. The highest BCUT2D eigenvalue weighted by molar-refractivity contribution is 8.77. The highest BCUT2D eigenvalue weighted by Gasteiger charge is 2.17. The molecule has 23 heavy (non-hydrogen) atoms. The number of nitrogens with two attached hydrogens (primary N) is 2. The van der Waals surface area contributed by atoms with Crippen LogP contribution in [-0.2, 0) is 0 Å². The van der Waals surface area contributed by atoms with Crippen molar-refractivity contribution in [2.75, 3.05) is 51.2 Å². The number of hydrogen-bond donors (Lipinski definition) is 2. The van der Waals surface area contributed by atoms with E-state index in [4.69, 9.17) is 11.5 Å². The fourth-order valence-electron chi connectivity index (χ4n) is 1.30. The molecule has 2 amide bonds. The number of carbonyl (C=O) groups is 2. The Bertz CT molecular complexity index is 327. The van der Waals surface area contributed by atoms with Crippen LogP contribution in [0.15, 0.2) is 0 Å². The van der Waals surface area contributed by atoms with E-state index in [9.17, 15) is 9.59 Å². The van der Waals surface area contributed by atoms with Crippen molar-refractivity contribution >= 4 is 68.0 Å². The summed E-state index contributed by atoms with van der Waals surface area (Å²) in [5.74, 6) is 3.75. The SMILES string of the molecule is CN(C)C(CSC(N)=O)CSC(N)=O.CN(C)C1CSSC1.Cl. The van der Waals surface area contributed by atoms with E-state index in [1.807, 2.05) is 40.6 Å². The van der Waals surface area contributed by atoms with E-state index in [0.29, 0.717) is 11.5 Å². The monoisotopic (exact) mass is 422 g/mol. The summed E-state index contributed by atoms with van der Waals surface area (Å²) in [7, 11) is 12.0. The van der Waals surface area contributed by atoms with Gasteiger partial charge in [-0.1, -0.05) is 45.1 Å². The van der Waals surface area contributed by atoms with Crippen LogP contribution in [0.3, 0.4) is 0 Å². The van der Waals surface area contributed by atoms with Crippen molar-refractivity contribution in [2.24, 2.45) is 11.5 Å². The van der Waals surface area contributed by atoms with Crippen molar-refractivity contribution in [1.82, 2.24) is 9.80 Å². The molecule has 0 aromatic heterocycles. The van der Waals surface area contributed by atoms with Crippen molar-refractivity contribution in [3.05, 3.63) is 0 Å². The van der Waals surface area contributed by atoms with Gasteiger partial charge in [-0.05, 0) is 28.2 Å². The van der Waals surface area contributed by atoms with Crippen molar-refractivity contribution in [3.63, 3.8) is 0 Å². The van der Waals surface area contributed by atoms with Gasteiger partial charge < -0.3 is 21.3 Å². The molecule has 1 fully saturated rings. The van der Waals surface area contributed by atoms with Gasteiger partial charge in [0.15, 0.2) is 0 Å². The minimum atomic E-state index is -0.402. The molecule has 1 aliphatic rings. The molecule has 1 aliphatic heterocycles. The highest BCUT2D eigenvalue weighted by atomic mass is 35.5. The Kier molecular flexibility index (Phi) is 16.7. The van der Waals surface area contributed by atoms with Gasteiger partial charge in [-0.15, -0.1) is 12.4 Å². The molecule has 6 nitrogen and oxygen atoms in total. The third kappa shape index (κ3) is 14.6. The quantitative estimate of drug-likeness (QED) is 0.629. The number of amides is 2. The molecule has 0 aromatic rings. The normalized spacial score (nSPS) is 14.6. The van der Waals surface area contributed by atoms with Crippen molar-refractivity contribution < 1.29 is 9.59 Å². The molecule has 0 aromatic carbocycles. The number of hydrogen-bond acceptors (Lipinski definition) is 8. The molecular weight excluding hydrogens is 396 g/mol. The van der Waals surface area contributed by atoms with Crippen LogP contribution in [0.5, 0.6) is 0 Å². The number of primary amides is 2. The summed E-state index contributed by atoms with van der Waals surface area (Å²) in [5.41, 5.74) is 10.0. The van der Waals surface area contributed by atoms with Gasteiger partial charge in [0.1, 0.15) is 0 Å². The Hall–Kier alpha value is 0.550. The number of halogens is 1. The lowest BCUT2D eigenvalue weighted by molar-refractivity contribution is 0.266. The van der Waals surface area contributed by atoms with Gasteiger partial charge in [0, 0.05) is 35.1 Å². The third-order valence-electron chi connectivity index (χ3n) is 2.90. The molecule has 0 unspecified atom stereocenters. The summed E-state index contributed by atoms with van der Waals surface area (Å²) in [5, 5.41) is -0.804. The van der Waals surface area contributed by atoms with Crippen LogP contribution in [0, 0.1) is 0 Å². The fraction of sp³-hybridized carbons (Fsp3) is 0.833. The second kappa shape index (κ2) is 14.9. The van der Waals surface area contributed by atoms with E-state index < -0.39 is 10.5 Å². The van der Waals surface area contributed by atoms with E-state index in [-0.39, 0.29) is 18.4 Å². The van der Waals surface area contributed by atoms with Crippen LogP contribution in [0.25, 0.3) is 0 Å². The molecular formula is C12H27ClN4O2S4. The van der Waals surface area contributed by atoms with Crippen LogP contribution in [0.4, 0.5) is 9.59 Å². The lowest BCUT2D eigenvalue weighted by Crippen LogP contribution is -2.34. The van der Waals surface area contributed by atoms with Crippen molar-refractivity contribution in [3.8, 4) is 0 Å². The Labute approximate surface area is 161 Å². The Balaban J connectivity index is 0. The first-order valence-electron chi connectivity index (χ1n) is 6.65. The van der Waals surface area contributed by atoms with Crippen LogP contribution in [-0.4, -0.2) is 83.6 Å². The lowest BCUT2D eigenvalue weighted by atomic mass is 10.4. The fourth-order valence-corrected chi connectivity index (χ4v) is 6.00. The van der Waals surface area contributed by atoms with E-state index in [2.05, 4.69) is 19.0 Å². The first-order valence-corrected chi connectivity index (χ1v) is 11.1. The van der Waals surface area contributed by atoms with Gasteiger partial charge >= 0.3 is 0 Å². The third-order valence-corrected chi connectivity index (χ3v) is 7.10. The van der Waals surface area contributed by atoms with Gasteiger partial charge in [0.2, 0.25) is 0 Å². The summed E-state index contributed by atoms with van der Waals surface area (Å²) in [6, 6.07) is 0.940. The van der Waals surface area contributed by atoms with E-state index in [1.54, 1.807) is 0 Å². The van der Waals surface area contributed by atoms with E-state index in [1.165, 1.54) is 11.5 Å². The average Bonchev–Trinajstić information content (AvgIpc) is 2.92. The van der Waals surface area contributed by atoms with Gasteiger partial charge in [-0.25, -0.2) is 0 Å². The Morgan fingerprint density at radius 3 is 1.65 bits per heavy atom. The average molecular weight is 423 g/mol. The largest absolute Gasteiger partial charge is 0.361 e.